The van der Waals surface area contributed by atoms with Gasteiger partial charge in [0.25, 0.3) is 5.91 Å². The monoisotopic (exact) mass is 490 g/mol. The van der Waals surface area contributed by atoms with Gasteiger partial charge in [-0.05, 0) is 49.8 Å². The Balaban J connectivity index is 1.85. The van der Waals surface area contributed by atoms with Crippen LogP contribution in [0.3, 0.4) is 0 Å². The highest BCUT2D eigenvalue weighted by Gasteiger charge is 2.16. The third-order valence-corrected chi connectivity index (χ3v) is 5.02. The van der Waals surface area contributed by atoms with Crippen LogP contribution in [0.5, 0.6) is 23.0 Å². The summed E-state index contributed by atoms with van der Waals surface area (Å²) in [5, 5.41) is 5.69. The van der Waals surface area contributed by atoms with Crippen LogP contribution in [0.25, 0.3) is 6.08 Å². The average molecular weight is 491 g/mol. The molecule has 0 heterocycles. The Morgan fingerprint density at radius 1 is 0.778 bits per heavy atom. The summed E-state index contributed by atoms with van der Waals surface area (Å²) < 4.78 is 22.0. The van der Waals surface area contributed by atoms with Crippen LogP contribution in [0, 0.1) is 0 Å². The van der Waals surface area contributed by atoms with Gasteiger partial charge >= 0.3 is 0 Å². The molecule has 0 unspecified atom stereocenters. The van der Waals surface area contributed by atoms with E-state index in [9.17, 15) is 9.59 Å². The Morgan fingerprint density at radius 2 is 1.33 bits per heavy atom. The minimum atomic E-state index is -0.374. The van der Waals surface area contributed by atoms with Crippen LogP contribution in [-0.2, 0) is 4.79 Å². The van der Waals surface area contributed by atoms with E-state index in [0.717, 1.165) is 5.56 Å². The van der Waals surface area contributed by atoms with E-state index in [1.807, 2.05) is 19.9 Å². The first-order valence-corrected chi connectivity index (χ1v) is 11.5. The molecule has 0 saturated heterocycles. The van der Waals surface area contributed by atoms with E-state index in [1.54, 1.807) is 74.9 Å². The first-order valence-electron chi connectivity index (χ1n) is 11.5. The summed E-state index contributed by atoms with van der Waals surface area (Å²) in [7, 11) is 3.12. The lowest BCUT2D eigenvalue weighted by Crippen LogP contribution is -2.14. The zero-order valence-electron chi connectivity index (χ0n) is 20.8. The molecule has 0 aromatic heterocycles. The number of benzene rings is 3. The fourth-order valence-electron chi connectivity index (χ4n) is 3.36. The van der Waals surface area contributed by atoms with E-state index in [1.165, 1.54) is 6.08 Å². The summed E-state index contributed by atoms with van der Waals surface area (Å²) in [4.78, 5) is 25.5. The third kappa shape index (κ3) is 7.02. The fraction of sp³-hybridized carbons (Fsp3) is 0.214. The smallest absolute Gasteiger partial charge is 0.255 e. The van der Waals surface area contributed by atoms with E-state index in [2.05, 4.69) is 10.6 Å². The molecular formula is C28H30N2O6. The Kier molecular flexibility index (Phi) is 9.33. The normalized spacial score (nSPS) is 10.6. The van der Waals surface area contributed by atoms with E-state index in [0.29, 0.717) is 53.2 Å². The number of methoxy groups -OCH3 is 2. The number of amides is 2. The summed E-state index contributed by atoms with van der Waals surface area (Å²) in [5.41, 5.74) is 2.09. The van der Waals surface area contributed by atoms with E-state index in [4.69, 9.17) is 18.9 Å². The van der Waals surface area contributed by atoms with Crippen molar-refractivity contribution in [3.05, 3.63) is 77.9 Å². The molecule has 0 spiro atoms. The molecule has 3 aromatic carbocycles. The third-order valence-electron chi connectivity index (χ3n) is 5.02. The molecule has 0 aliphatic rings. The molecular weight excluding hydrogens is 460 g/mol. The fourth-order valence-corrected chi connectivity index (χ4v) is 3.36. The topological polar surface area (TPSA) is 95.1 Å². The molecule has 36 heavy (non-hydrogen) atoms. The van der Waals surface area contributed by atoms with Crippen molar-refractivity contribution in [2.45, 2.75) is 13.8 Å². The largest absolute Gasteiger partial charge is 0.497 e. The molecule has 8 nitrogen and oxygen atoms in total. The van der Waals surface area contributed by atoms with Crippen LogP contribution in [0.2, 0.25) is 0 Å². The second-order valence-electron chi connectivity index (χ2n) is 7.50. The van der Waals surface area contributed by atoms with Crippen LogP contribution >= 0.6 is 0 Å². The van der Waals surface area contributed by atoms with Crippen molar-refractivity contribution in [2.75, 3.05) is 38.1 Å². The van der Waals surface area contributed by atoms with E-state index >= 15 is 0 Å². The van der Waals surface area contributed by atoms with Crippen molar-refractivity contribution in [1.29, 1.82) is 0 Å². The molecule has 0 fully saturated rings. The Bertz CT molecular complexity index is 1200. The second-order valence-corrected chi connectivity index (χ2v) is 7.50. The van der Waals surface area contributed by atoms with Gasteiger partial charge in [0.15, 0.2) is 0 Å². The highest BCUT2D eigenvalue weighted by molar-refractivity contribution is 6.06. The second kappa shape index (κ2) is 12.9. The average Bonchev–Trinajstić information content (AvgIpc) is 2.90. The number of carbonyl (C=O) groups excluding carboxylic acids is 2. The van der Waals surface area contributed by atoms with Crippen molar-refractivity contribution in [3.63, 3.8) is 0 Å². The van der Waals surface area contributed by atoms with Crippen LogP contribution in [0.4, 0.5) is 11.4 Å². The van der Waals surface area contributed by atoms with Gasteiger partial charge in [-0.1, -0.05) is 18.2 Å². The maximum atomic E-state index is 12.7. The molecule has 0 aliphatic carbocycles. The predicted molar refractivity (Wildman–Crippen MR) is 140 cm³/mol. The molecule has 0 atom stereocenters. The van der Waals surface area contributed by atoms with Gasteiger partial charge in [-0.3, -0.25) is 9.59 Å². The van der Waals surface area contributed by atoms with Crippen molar-refractivity contribution in [1.82, 2.24) is 0 Å². The minimum absolute atomic E-state index is 0.285. The van der Waals surface area contributed by atoms with Gasteiger partial charge in [0.2, 0.25) is 5.91 Å². The molecule has 0 aliphatic heterocycles. The number of ether oxygens (including phenoxy) is 4. The maximum Gasteiger partial charge on any atom is 0.255 e. The Hall–Kier alpha value is -4.46. The summed E-state index contributed by atoms with van der Waals surface area (Å²) >= 11 is 0. The van der Waals surface area contributed by atoms with Gasteiger partial charge in [-0.25, -0.2) is 0 Å². The van der Waals surface area contributed by atoms with Crippen molar-refractivity contribution in [3.8, 4) is 23.0 Å². The predicted octanol–water partition coefficient (Wildman–Crippen LogP) is 5.41. The minimum Gasteiger partial charge on any atom is -0.497 e. The summed E-state index contributed by atoms with van der Waals surface area (Å²) in [6.45, 7) is 4.40. The Morgan fingerprint density at radius 3 is 1.86 bits per heavy atom. The molecule has 0 radical (unpaired) electrons. The standard InChI is InChI=1S/C28H30N2O6/c1-5-35-25-18-24(30-28(32)20-10-8-7-9-11-20)26(36-6-2)17-23(25)29-27(31)13-12-19-14-21(33-3)16-22(15-19)34-4/h7-18H,5-6H2,1-4H3,(H,29,31)(H,30,32)/b13-12+. The molecule has 3 aromatic rings. The molecule has 3 rings (SSSR count). The number of anilines is 2. The highest BCUT2D eigenvalue weighted by Crippen LogP contribution is 2.37. The van der Waals surface area contributed by atoms with Gasteiger partial charge in [0, 0.05) is 29.8 Å². The number of rotatable bonds is 11. The van der Waals surface area contributed by atoms with Gasteiger partial charge in [-0.15, -0.1) is 0 Å². The molecule has 8 heteroatoms. The van der Waals surface area contributed by atoms with Gasteiger partial charge in [-0.2, -0.15) is 0 Å². The zero-order chi connectivity index (χ0) is 25.9. The lowest BCUT2D eigenvalue weighted by molar-refractivity contribution is -0.111. The lowest BCUT2D eigenvalue weighted by Gasteiger charge is -2.17. The number of hydrogen-bond donors (Lipinski definition) is 2. The van der Waals surface area contributed by atoms with Crippen molar-refractivity contribution in [2.24, 2.45) is 0 Å². The van der Waals surface area contributed by atoms with Gasteiger partial charge in [0.05, 0.1) is 38.8 Å². The SMILES string of the molecule is CCOc1cc(NC(=O)c2ccccc2)c(OCC)cc1NC(=O)/C=C/c1cc(OC)cc(OC)c1. The highest BCUT2D eigenvalue weighted by atomic mass is 16.5. The first-order chi connectivity index (χ1) is 17.5. The molecule has 0 saturated carbocycles. The molecule has 2 amide bonds. The van der Waals surface area contributed by atoms with E-state index < -0.39 is 0 Å². The summed E-state index contributed by atoms with van der Waals surface area (Å²) in [6, 6.07) is 17.5. The number of hydrogen-bond acceptors (Lipinski definition) is 6. The van der Waals surface area contributed by atoms with Gasteiger partial charge < -0.3 is 29.6 Å². The maximum absolute atomic E-state index is 12.7. The molecule has 0 bridgehead atoms. The quantitative estimate of drug-likeness (QED) is 0.349. The van der Waals surface area contributed by atoms with Crippen LogP contribution in [0.1, 0.15) is 29.8 Å². The first kappa shape index (κ1) is 26.2. The number of nitrogens with one attached hydrogen (secondary N) is 2. The van der Waals surface area contributed by atoms with Crippen molar-refractivity contribution >= 4 is 29.3 Å². The molecule has 2 N–H and O–H groups in total. The zero-order valence-corrected chi connectivity index (χ0v) is 20.8. The van der Waals surface area contributed by atoms with Crippen LogP contribution in [0.15, 0.2) is 66.7 Å². The number of carbonyl (C=O) groups is 2. The lowest BCUT2D eigenvalue weighted by atomic mass is 10.1. The van der Waals surface area contributed by atoms with Crippen LogP contribution in [-0.4, -0.2) is 39.2 Å². The van der Waals surface area contributed by atoms with Crippen LogP contribution < -0.4 is 29.6 Å². The summed E-state index contributed by atoms with van der Waals surface area (Å²) in [6.07, 6.45) is 3.05. The molecule has 188 valence electrons. The Labute approximate surface area is 210 Å². The summed E-state index contributed by atoms with van der Waals surface area (Å²) in [5.74, 6) is 1.37. The van der Waals surface area contributed by atoms with E-state index in [-0.39, 0.29) is 11.8 Å². The van der Waals surface area contributed by atoms with Gasteiger partial charge in [0.1, 0.15) is 23.0 Å². The van der Waals surface area contributed by atoms with Crippen molar-refractivity contribution < 1.29 is 28.5 Å².